The van der Waals surface area contributed by atoms with E-state index in [2.05, 4.69) is 17.0 Å². The minimum Gasteiger partial charge on any atom is -0.497 e. The van der Waals surface area contributed by atoms with E-state index in [-0.39, 0.29) is 18.5 Å². The van der Waals surface area contributed by atoms with Gasteiger partial charge in [-0.1, -0.05) is 12.1 Å². The minimum atomic E-state index is -0.540. The predicted molar refractivity (Wildman–Crippen MR) is 75.9 cm³/mol. The van der Waals surface area contributed by atoms with Crippen LogP contribution in [-0.4, -0.2) is 48.9 Å². The largest absolute Gasteiger partial charge is 0.497 e. The lowest BCUT2D eigenvalue weighted by Gasteiger charge is -2.45. The number of ether oxygens (including phenoxy) is 4. The van der Waals surface area contributed by atoms with Crippen LogP contribution in [-0.2, 0) is 20.8 Å². The summed E-state index contributed by atoms with van der Waals surface area (Å²) in [7, 11) is 1.68. The predicted octanol–water partition coefficient (Wildman–Crippen LogP) is 1.76. The monoisotopic (exact) mass is 291 g/mol. The van der Waals surface area contributed by atoms with Crippen molar-refractivity contribution in [2.24, 2.45) is 0 Å². The van der Waals surface area contributed by atoms with Crippen molar-refractivity contribution < 1.29 is 18.9 Å². The summed E-state index contributed by atoms with van der Waals surface area (Å²) >= 11 is 0. The molecule has 0 radical (unpaired) electrons. The fraction of sp³-hybridized carbons (Fsp3) is 0.625. The first kappa shape index (κ1) is 13.5. The summed E-state index contributed by atoms with van der Waals surface area (Å²) in [5, 5.41) is 0. The van der Waals surface area contributed by atoms with E-state index in [0.29, 0.717) is 6.04 Å². The molecule has 0 aromatic heterocycles. The van der Waals surface area contributed by atoms with Gasteiger partial charge < -0.3 is 18.9 Å². The van der Waals surface area contributed by atoms with E-state index in [4.69, 9.17) is 18.9 Å². The molecule has 21 heavy (non-hydrogen) atoms. The third-order valence-corrected chi connectivity index (χ3v) is 4.50. The summed E-state index contributed by atoms with van der Waals surface area (Å²) in [5.74, 6) is 0.348. The Morgan fingerprint density at radius 1 is 1.24 bits per heavy atom. The van der Waals surface area contributed by atoms with Gasteiger partial charge >= 0.3 is 0 Å². The SMILES string of the molecule is COc1ccc(CN2C[C@H]3O[C@H]4OC(C)(C)O[C@H]4[C@H]32)cc1. The Morgan fingerprint density at radius 3 is 2.71 bits per heavy atom. The fourth-order valence-corrected chi connectivity index (χ4v) is 3.50. The second kappa shape index (κ2) is 4.68. The number of benzene rings is 1. The highest BCUT2D eigenvalue weighted by atomic mass is 16.8. The first-order valence-electron chi connectivity index (χ1n) is 7.44. The van der Waals surface area contributed by atoms with Crippen molar-refractivity contribution in [2.75, 3.05) is 13.7 Å². The Balaban J connectivity index is 1.44. The fourth-order valence-electron chi connectivity index (χ4n) is 3.50. The van der Waals surface area contributed by atoms with Crippen molar-refractivity contribution in [3.63, 3.8) is 0 Å². The summed E-state index contributed by atoms with van der Waals surface area (Å²) in [4.78, 5) is 2.40. The first-order chi connectivity index (χ1) is 10.1. The Bertz CT molecular complexity index is 530. The van der Waals surface area contributed by atoms with Crippen molar-refractivity contribution in [3.05, 3.63) is 29.8 Å². The van der Waals surface area contributed by atoms with Crippen molar-refractivity contribution in [3.8, 4) is 5.75 Å². The number of methoxy groups -OCH3 is 1. The molecule has 114 valence electrons. The Hall–Kier alpha value is -1.14. The molecule has 4 rings (SSSR count). The first-order valence-corrected chi connectivity index (χ1v) is 7.44. The molecule has 0 aliphatic carbocycles. The van der Waals surface area contributed by atoms with Crippen LogP contribution < -0.4 is 4.74 Å². The summed E-state index contributed by atoms with van der Waals surface area (Å²) in [6.45, 7) is 5.73. The van der Waals surface area contributed by atoms with E-state index >= 15 is 0 Å². The quantitative estimate of drug-likeness (QED) is 0.848. The molecule has 0 spiro atoms. The lowest BCUT2D eigenvalue weighted by Crippen LogP contribution is -2.61. The zero-order chi connectivity index (χ0) is 14.6. The highest BCUT2D eigenvalue weighted by molar-refractivity contribution is 5.27. The zero-order valence-corrected chi connectivity index (χ0v) is 12.6. The standard InChI is InChI=1S/C16H21NO4/c1-16(2)20-14-13-12(19-15(14)21-16)9-17(13)8-10-4-6-11(18-3)7-5-10/h4-7,12-15H,8-9H2,1-3H3/t12-,13+,14+,15+/m1/s1. The van der Waals surface area contributed by atoms with Crippen molar-refractivity contribution in [1.82, 2.24) is 4.90 Å². The smallest absolute Gasteiger partial charge is 0.189 e. The van der Waals surface area contributed by atoms with E-state index in [9.17, 15) is 0 Å². The van der Waals surface area contributed by atoms with Gasteiger partial charge in [0.05, 0.1) is 19.3 Å². The topological polar surface area (TPSA) is 40.2 Å². The number of rotatable bonds is 3. The number of hydrogen-bond donors (Lipinski definition) is 0. The number of likely N-dealkylation sites (tertiary alicyclic amines) is 1. The third-order valence-electron chi connectivity index (χ3n) is 4.50. The molecule has 1 aromatic carbocycles. The number of hydrogen-bond acceptors (Lipinski definition) is 5. The molecular weight excluding hydrogens is 270 g/mol. The molecule has 0 amide bonds. The molecular formula is C16H21NO4. The van der Waals surface area contributed by atoms with Crippen LogP contribution in [0, 0.1) is 0 Å². The summed E-state index contributed by atoms with van der Waals surface area (Å²) in [5.41, 5.74) is 1.27. The second-order valence-electron chi connectivity index (χ2n) is 6.41. The van der Waals surface area contributed by atoms with Gasteiger partial charge in [0.15, 0.2) is 12.1 Å². The van der Waals surface area contributed by atoms with Crippen LogP contribution in [0.4, 0.5) is 0 Å². The number of fused-ring (bicyclic) bond motifs is 3. The van der Waals surface area contributed by atoms with Gasteiger partial charge in [0.2, 0.25) is 0 Å². The molecule has 3 aliphatic heterocycles. The Labute approximate surface area is 124 Å². The normalized spacial score (nSPS) is 36.9. The van der Waals surface area contributed by atoms with Crippen LogP contribution in [0.1, 0.15) is 19.4 Å². The number of nitrogens with zero attached hydrogens (tertiary/aromatic N) is 1. The highest BCUT2D eigenvalue weighted by Crippen LogP contribution is 2.44. The summed E-state index contributed by atoms with van der Waals surface area (Å²) < 4.78 is 22.9. The molecule has 5 nitrogen and oxygen atoms in total. The van der Waals surface area contributed by atoms with Gasteiger partial charge in [0.1, 0.15) is 11.9 Å². The van der Waals surface area contributed by atoms with Crippen LogP contribution in [0.2, 0.25) is 0 Å². The van der Waals surface area contributed by atoms with Crippen LogP contribution in [0.15, 0.2) is 24.3 Å². The lowest BCUT2D eigenvalue weighted by molar-refractivity contribution is -0.228. The van der Waals surface area contributed by atoms with Crippen molar-refractivity contribution in [1.29, 1.82) is 0 Å². The molecule has 5 heteroatoms. The Kier molecular flexibility index (Phi) is 3.01. The van der Waals surface area contributed by atoms with E-state index < -0.39 is 5.79 Å². The Morgan fingerprint density at radius 2 is 2.00 bits per heavy atom. The minimum absolute atomic E-state index is 0.0250. The highest BCUT2D eigenvalue weighted by Gasteiger charge is 2.60. The molecule has 4 atom stereocenters. The maximum Gasteiger partial charge on any atom is 0.189 e. The molecule has 0 saturated carbocycles. The van der Waals surface area contributed by atoms with Crippen LogP contribution in [0.5, 0.6) is 5.75 Å². The van der Waals surface area contributed by atoms with Crippen LogP contribution in [0.25, 0.3) is 0 Å². The molecule has 0 unspecified atom stereocenters. The molecule has 3 saturated heterocycles. The molecule has 0 N–H and O–H groups in total. The van der Waals surface area contributed by atoms with Crippen LogP contribution >= 0.6 is 0 Å². The average Bonchev–Trinajstić information content (AvgIpc) is 2.84. The lowest BCUT2D eigenvalue weighted by atomic mass is 9.95. The van der Waals surface area contributed by atoms with Gasteiger partial charge in [-0.05, 0) is 31.5 Å². The average molecular weight is 291 g/mol. The van der Waals surface area contributed by atoms with Gasteiger partial charge in [0.25, 0.3) is 0 Å². The van der Waals surface area contributed by atoms with Gasteiger partial charge in [-0.3, -0.25) is 4.90 Å². The maximum absolute atomic E-state index is 6.00. The maximum atomic E-state index is 6.00. The molecule has 1 aromatic rings. The summed E-state index contributed by atoms with van der Waals surface area (Å²) in [6, 6.07) is 8.52. The molecule has 3 fully saturated rings. The molecule has 0 bridgehead atoms. The molecule has 3 heterocycles. The van der Waals surface area contributed by atoms with Gasteiger partial charge in [-0.15, -0.1) is 0 Å². The zero-order valence-electron chi connectivity index (χ0n) is 12.6. The molecule has 3 aliphatic rings. The van der Waals surface area contributed by atoms with Crippen LogP contribution in [0.3, 0.4) is 0 Å². The van der Waals surface area contributed by atoms with E-state index in [1.54, 1.807) is 7.11 Å². The summed E-state index contributed by atoms with van der Waals surface area (Å²) in [6.07, 6.45) is 0.0576. The van der Waals surface area contributed by atoms with Gasteiger partial charge in [-0.25, -0.2) is 0 Å². The van der Waals surface area contributed by atoms with Crippen molar-refractivity contribution >= 4 is 0 Å². The van der Waals surface area contributed by atoms with Gasteiger partial charge in [0, 0.05) is 13.1 Å². The third kappa shape index (κ3) is 2.25. The van der Waals surface area contributed by atoms with E-state index in [0.717, 1.165) is 18.8 Å². The van der Waals surface area contributed by atoms with Gasteiger partial charge in [-0.2, -0.15) is 0 Å². The van der Waals surface area contributed by atoms with E-state index in [1.807, 2.05) is 26.0 Å². The second-order valence-corrected chi connectivity index (χ2v) is 6.41. The van der Waals surface area contributed by atoms with Crippen molar-refractivity contribution in [2.45, 2.75) is 50.7 Å². The van der Waals surface area contributed by atoms with E-state index in [1.165, 1.54) is 5.56 Å².